The monoisotopic (exact) mass is 284 g/mol. The third-order valence-electron chi connectivity index (χ3n) is 5.02. The van der Waals surface area contributed by atoms with Crippen molar-refractivity contribution in [1.82, 2.24) is 0 Å². The van der Waals surface area contributed by atoms with Crippen LogP contribution in [0.25, 0.3) is 22.3 Å². The molecule has 0 aromatic heterocycles. The zero-order chi connectivity index (χ0) is 15.3. The lowest BCUT2D eigenvalue weighted by Gasteiger charge is -2.25. The highest BCUT2D eigenvalue weighted by atomic mass is 14.4. The Morgan fingerprint density at radius 2 is 1.14 bits per heavy atom. The van der Waals surface area contributed by atoms with Crippen LogP contribution in [0.3, 0.4) is 0 Å². The highest BCUT2D eigenvalue weighted by Gasteiger charge is 2.37. The van der Waals surface area contributed by atoms with Crippen molar-refractivity contribution in [2.75, 3.05) is 0 Å². The summed E-state index contributed by atoms with van der Waals surface area (Å²) in [6.07, 6.45) is 0. The minimum Gasteiger partial charge on any atom is -0.0620 e. The number of aryl methyl sites for hydroxylation is 1. The van der Waals surface area contributed by atoms with Crippen LogP contribution >= 0.6 is 0 Å². The lowest BCUT2D eigenvalue weighted by molar-refractivity contribution is 0.662. The molecule has 0 spiro atoms. The van der Waals surface area contributed by atoms with Crippen molar-refractivity contribution in [3.8, 4) is 22.3 Å². The Balaban J connectivity index is 2.07. The molecule has 0 unspecified atom stereocenters. The largest absolute Gasteiger partial charge is 0.0620 e. The Morgan fingerprint density at radius 1 is 0.591 bits per heavy atom. The molecule has 3 aromatic carbocycles. The molecule has 0 heteroatoms. The van der Waals surface area contributed by atoms with Crippen LogP contribution in [-0.4, -0.2) is 0 Å². The Labute approximate surface area is 132 Å². The zero-order valence-electron chi connectivity index (χ0n) is 13.4. The van der Waals surface area contributed by atoms with E-state index in [2.05, 4.69) is 87.5 Å². The van der Waals surface area contributed by atoms with Gasteiger partial charge in [0.15, 0.2) is 0 Å². The van der Waals surface area contributed by atoms with E-state index in [1.165, 1.54) is 38.9 Å². The number of hydrogen-bond acceptors (Lipinski definition) is 0. The van der Waals surface area contributed by atoms with Crippen LogP contribution in [0, 0.1) is 6.92 Å². The quantitative estimate of drug-likeness (QED) is 0.516. The molecular weight excluding hydrogens is 264 g/mol. The number of benzene rings is 3. The van der Waals surface area contributed by atoms with E-state index in [0.717, 1.165) is 0 Å². The molecule has 0 nitrogen and oxygen atoms in total. The normalized spacial score (nSPS) is 14.5. The summed E-state index contributed by atoms with van der Waals surface area (Å²) in [5, 5.41) is 0. The van der Waals surface area contributed by atoms with E-state index in [1.54, 1.807) is 0 Å². The molecule has 0 aliphatic heterocycles. The Kier molecular flexibility index (Phi) is 2.77. The molecule has 0 atom stereocenters. The molecule has 0 N–H and O–H groups in total. The predicted octanol–water partition coefficient (Wildman–Crippen LogP) is 5.97. The van der Waals surface area contributed by atoms with Gasteiger partial charge in [0.05, 0.1) is 0 Å². The SMILES string of the molecule is Cc1ccccc1-c1cccc2c1C(C)(C)c1ccccc1-2. The molecule has 3 aromatic rings. The summed E-state index contributed by atoms with van der Waals surface area (Å²) >= 11 is 0. The summed E-state index contributed by atoms with van der Waals surface area (Å²) < 4.78 is 0. The molecule has 1 aliphatic carbocycles. The summed E-state index contributed by atoms with van der Waals surface area (Å²) in [5.41, 5.74) is 9.78. The van der Waals surface area contributed by atoms with Crippen molar-refractivity contribution in [1.29, 1.82) is 0 Å². The number of fused-ring (bicyclic) bond motifs is 3. The van der Waals surface area contributed by atoms with Gasteiger partial charge in [0.25, 0.3) is 0 Å². The molecule has 0 radical (unpaired) electrons. The molecule has 0 heterocycles. The second-order valence-electron chi connectivity index (χ2n) is 6.71. The van der Waals surface area contributed by atoms with Gasteiger partial charge in [0, 0.05) is 5.41 Å². The molecule has 4 rings (SSSR count). The summed E-state index contributed by atoms with van der Waals surface area (Å²) in [5.74, 6) is 0. The van der Waals surface area contributed by atoms with Gasteiger partial charge in [-0.05, 0) is 45.9 Å². The van der Waals surface area contributed by atoms with E-state index in [9.17, 15) is 0 Å². The molecule has 0 bridgehead atoms. The maximum absolute atomic E-state index is 2.35. The van der Waals surface area contributed by atoms with E-state index in [-0.39, 0.29) is 5.41 Å². The number of rotatable bonds is 1. The zero-order valence-corrected chi connectivity index (χ0v) is 13.4. The molecule has 0 saturated heterocycles. The molecule has 108 valence electrons. The fourth-order valence-corrected chi connectivity index (χ4v) is 3.95. The third-order valence-corrected chi connectivity index (χ3v) is 5.02. The topological polar surface area (TPSA) is 0 Å². The van der Waals surface area contributed by atoms with Crippen molar-refractivity contribution in [2.24, 2.45) is 0 Å². The predicted molar refractivity (Wildman–Crippen MR) is 94.2 cm³/mol. The molecule has 22 heavy (non-hydrogen) atoms. The Bertz CT molecular complexity index is 869. The minimum absolute atomic E-state index is 0.0464. The van der Waals surface area contributed by atoms with Crippen molar-refractivity contribution >= 4 is 0 Å². The van der Waals surface area contributed by atoms with Gasteiger partial charge in [-0.25, -0.2) is 0 Å². The first-order chi connectivity index (χ1) is 10.6. The van der Waals surface area contributed by atoms with Crippen LogP contribution in [0.1, 0.15) is 30.5 Å². The molecular formula is C22H20. The van der Waals surface area contributed by atoms with Crippen LogP contribution in [0.5, 0.6) is 0 Å². The second kappa shape index (κ2) is 4.58. The van der Waals surface area contributed by atoms with Crippen molar-refractivity contribution < 1.29 is 0 Å². The molecule has 0 amide bonds. The third kappa shape index (κ3) is 1.70. The fourth-order valence-electron chi connectivity index (χ4n) is 3.95. The van der Waals surface area contributed by atoms with E-state index >= 15 is 0 Å². The van der Waals surface area contributed by atoms with E-state index in [0.29, 0.717) is 0 Å². The molecule has 0 fully saturated rings. The van der Waals surface area contributed by atoms with Gasteiger partial charge in [-0.1, -0.05) is 80.6 Å². The lowest BCUT2D eigenvalue weighted by atomic mass is 9.78. The van der Waals surface area contributed by atoms with Gasteiger partial charge in [0.2, 0.25) is 0 Å². The fraction of sp³-hybridized carbons (Fsp3) is 0.182. The molecule has 1 aliphatic rings. The van der Waals surface area contributed by atoms with E-state index in [4.69, 9.17) is 0 Å². The smallest absolute Gasteiger partial charge is 0.0165 e. The first-order valence-corrected chi connectivity index (χ1v) is 7.90. The van der Waals surface area contributed by atoms with Crippen molar-refractivity contribution in [2.45, 2.75) is 26.2 Å². The van der Waals surface area contributed by atoms with Gasteiger partial charge in [-0.2, -0.15) is 0 Å². The van der Waals surface area contributed by atoms with Gasteiger partial charge in [0.1, 0.15) is 0 Å². The Morgan fingerprint density at radius 3 is 1.86 bits per heavy atom. The lowest BCUT2D eigenvalue weighted by Crippen LogP contribution is -2.16. The van der Waals surface area contributed by atoms with Crippen LogP contribution in [0.2, 0.25) is 0 Å². The first kappa shape index (κ1) is 13.3. The van der Waals surface area contributed by atoms with Gasteiger partial charge < -0.3 is 0 Å². The maximum Gasteiger partial charge on any atom is 0.0165 e. The summed E-state index contributed by atoms with van der Waals surface area (Å²) in [6, 6.07) is 24.2. The van der Waals surface area contributed by atoms with Gasteiger partial charge in [-0.3, -0.25) is 0 Å². The second-order valence-corrected chi connectivity index (χ2v) is 6.71. The van der Waals surface area contributed by atoms with Crippen LogP contribution < -0.4 is 0 Å². The van der Waals surface area contributed by atoms with E-state index in [1.807, 2.05) is 0 Å². The van der Waals surface area contributed by atoms with Crippen molar-refractivity contribution in [3.05, 3.63) is 83.4 Å². The summed E-state index contributed by atoms with van der Waals surface area (Å²) in [6.45, 7) is 6.89. The van der Waals surface area contributed by atoms with Gasteiger partial charge in [-0.15, -0.1) is 0 Å². The first-order valence-electron chi connectivity index (χ1n) is 7.90. The summed E-state index contributed by atoms with van der Waals surface area (Å²) in [7, 11) is 0. The Hall–Kier alpha value is -2.34. The average molecular weight is 284 g/mol. The highest BCUT2D eigenvalue weighted by Crippen LogP contribution is 2.52. The summed E-state index contributed by atoms with van der Waals surface area (Å²) in [4.78, 5) is 0. The average Bonchev–Trinajstić information content (AvgIpc) is 2.77. The van der Waals surface area contributed by atoms with Crippen molar-refractivity contribution in [3.63, 3.8) is 0 Å². The van der Waals surface area contributed by atoms with Gasteiger partial charge >= 0.3 is 0 Å². The standard InChI is InChI=1S/C22H20/c1-15-9-4-5-10-16(15)18-12-8-13-19-17-11-6-7-14-20(17)22(2,3)21(18)19/h4-14H,1-3H3. The van der Waals surface area contributed by atoms with Crippen LogP contribution in [0.15, 0.2) is 66.7 Å². The maximum atomic E-state index is 2.35. The highest BCUT2D eigenvalue weighted by molar-refractivity contribution is 5.88. The minimum atomic E-state index is 0.0464. The number of hydrogen-bond donors (Lipinski definition) is 0. The van der Waals surface area contributed by atoms with Crippen LogP contribution in [0.4, 0.5) is 0 Å². The molecule has 0 saturated carbocycles. The van der Waals surface area contributed by atoms with E-state index < -0.39 is 0 Å². The van der Waals surface area contributed by atoms with Crippen LogP contribution in [-0.2, 0) is 5.41 Å².